The second kappa shape index (κ2) is 10.9. The van der Waals surface area contributed by atoms with Gasteiger partial charge in [-0.25, -0.2) is 4.98 Å². The summed E-state index contributed by atoms with van der Waals surface area (Å²) in [6, 6.07) is 24.3. The Hall–Kier alpha value is -3.51. The van der Waals surface area contributed by atoms with E-state index in [1.807, 2.05) is 42.5 Å². The summed E-state index contributed by atoms with van der Waals surface area (Å²) < 4.78 is 12.8. The third kappa shape index (κ3) is 5.46. The third-order valence-corrected chi connectivity index (χ3v) is 5.74. The van der Waals surface area contributed by atoms with Crippen LogP contribution >= 0.6 is 12.2 Å². The SMILES string of the molecule is COC(=O)CCCCCOc1ccc2c(c1)nc(-c1ccccc1)n2-c1ccc(C=S)cc1. The van der Waals surface area contributed by atoms with E-state index in [-0.39, 0.29) is 5.97 Å². The summed E-state index contributed by atoms with van der Waals surface area (Å²) in [6.45, 7) is 0.595. The Bertz CT molecular complexity index is 1230. The van der Waals surface area contributed by atoms with E-state index >= 15 is 0 Å². The molecule has 0 saturated heterocycles. The molecule has 4 aromatic rings. The fourth-order valence-electron chi connectivity index (χ4n) is 3.73. The summed E-state index contributed by atoms with van der Waals surface area (Å²) in [7, 11) is 1.42. The molecule has 0 spiro atoms. The van der Waals surface area contributed by atoms with Gasteiger partial charge in [-0.05, 0) is 49.1 Å². The van der Waals surface area contributed by atoms with Crippen LogP contribution in [0.5, 0.6) is 5.75 Å². The molecule has 0 unspecified atom stereocenters. The number of carbonyl (C=O) groups excluding carboxylic acids is 1. The molecule has 3 aromatic carbocycles. The maximum absolute atomic E-state index is 11.2. The number of hydrogen-bond donors (Lipinski definition) is 0. The number of fused-ring (bicyclic) bond motifs is 1. The van der Waals surface area contributed by atoms with Crippen LogP contribution in [0.15, 0.2) is 72.8 Å². The molecular formula is C27H26N2O3S. The van der Waals surface area contributed by atoms with Gasteiger partial charge >= 0.3 is 5.97 Å². The lowest BCUT2D eigenvalue weighted by atomic mass is 10.2. The Morgan fingerprint density at radius 2 is 1.79 bits per heavy atom. The first-order valence-corrected chi connectivity index (χ1v) is 11.5. The number of carbonyl (C=O) groups is 1. The van der Waals surface area contributed by atoms with E-state index in [4.69, 9.17) is 21.9 Å². The largest absolute Gasteiger partial charge is 0.494 e. The van der Waals surface area contributed by atoms with Crippen LogP contribution in [0.4, 0.5) is 0 Å². The topological polar surface area (TPSA) is 53.4 Å². The molecule has 168 valence electrons. The second-order valence-electron chi connectivity index (χ2n) is 7.73. The predicted molar refractivity (Wildman–Crippen MR) is 135 cm³/mol. The van der Waals surface area contributed by atoms with Crippen LogP contribution in [0.3, 0.4) is 0 Å². The number of hydrogen-bond acceptors (Lipinski definition) is 5. The molecule has 0 fully saturated rings. The number of imidazole rings is 1. The van der Waals surface area contributed by atoms with Crippen molar-refractivity contribution < 1.29 is 14.3 Å². The molecule has 33 heavy (non-hydrogen) atoms. The van der Waals surface area contributed by atoms with Crippen LogP contribution in [0.1, 0.15) is 31.2 Å². The van der Waals surface area contributed by atoms with Gasteiger partial charge in [-0.2, -0.15) is 0 Å². The highest BCUT2D eigenvalue weighted by atomic mass is 32.1. The molecule has 0 aliphatic heterocycles. The van der Waals surface area contributed by atoms with Crippen LogP contribution in [0.25, 0.3) is 28.1 Å². The molecule has 0 atom stereocenters. The lowest BCUT2D eigenvalue weighted by molar-refractivity contribution is -0.140. The summed E-state index contributed by atoms with van der Waals surface area (Å²) in [5.41, 5.74) is 4.95. The van der Waals surface area contributed by atoms with Crippen molar-refractivity contribution in [2.24, 2.45) is 0 Å². The summed E-state index contributed by atoms with van der Waals surface area (Å²) in [6.07, 6.45) is 3.06. The molecule has 0 N–H and O–H groups in total. The number of benzene rings is 3. The van der Waals surface area contributed by atoms with E-state index in [0.717, 1.165) is 58.7 Å². The number of rotatable bonds is 10. The highest BCUT2D eigenvalue weighted by Crippen LogP contribution is 2.30. The number of aromatic nitrogens is 2. The van der Waals surface area contributed by atoms with E-state index in [2.05, 4.69) is 39.6 Å². The average Bonchev–Trinajstić information content (AvgIpc) is 3.25. The fraction of sp³-hybridized carbons (Fsp3) is 0.222. The predicted octanol–water partition coefficient (Wildman–Crippen LogP) is 6.15. The molecule has 0 amide bonds. The first kappa shape index (κ1) is 22.7. The van der Waals surface area contributed by atoms with Crippen molar-refractivity contribution in [1.29, 1.82) is 0 Å². The summed E-state index contributed by atoms with van der Waals surface area (Å²) in [5.74, 6) is 1.50. The van der Waals surface area contributed by atoms with Crippen LogP contribution in [0, 0.1) is 0 Å². The third-order valence-electron chi connectivity index (χ3n) is 5.47. The summed E-state index contributed by atoms with van der Waals surface area (Å²) >= 11 is 5.05. The lowest BCUT2D eigenvalue weighted by Gasteiger charge is -2.10. The average molecular weight is 459 g/mol. The van der Waals surface area contributed by atoms with E-state index in [1.54, 1.807) is 5.37 Å². The molecular weight excluding hydrogens is 432 g/mol. The summed E-state index contributed by atoms with van der Waals surface area (Å²) in [5, 5.41) is 1.67. The first-order chi connectivity index (χ1) is 16.2. The first-order valence-electron chi connectivity index (χ1n) is 11.0. The van der Waals surface area contributed by atoms with Crippen molar-refractivity contribution in [1.82, 2.24) is 9.55 Å². The molecule has 0 bridgehead atoms. The molecule has 0 radical (unpaired) electrons. The molecule has 1 heterocycles. The quantitative estimate of drug-likeness (QED) is 0.162. The van der Waals surface area contributed by atoms with E-state index in [0.29, 0.717) is 13.0 Å². The monoisotopic (exact) mass is 458 g/mol. The molecule has 5 nitrogen and oxygen atoms in total. The van der Waals surface area contributed by atoms with Crippen molar-refractivity contribution in [3.8, 4) is 22.8 Å². The van der Waals surface area contributed by atoms with Gasteiger partial charge in [0.2, 0.25) is 0 Å². The number of nitrogens with zero attached hydrogens (tertiary/aromatic N) is 2. The summed E-state index contributed by atoms with van der Waals surface area (Å²) in [4.78, 5) is 16.1. The lowest BCUT2D eigenvalue weighted by Crippen LogP contribution is -2.01. The second-order valence-corrected chi connectivity index (χ2v) is 7.97. The number of unbranched alkanes of at least 4 members (excludes halogenated alkanes) is 2. The van der Waals surface area contributed by atoms with Gasteiger partial charge in [0.1, 0.15) is 11.6 Å². The van der Waals surface area contributed by atoms with Gasteiger partial charge in [0.05, 0.1) is 24.8 Å². The number of esters is 1. The minimum absolute atomic E-state index is 0.164. The highest BCUT2D eigenvalue weighted by Gasteiger charge is 2.15. The Labute approximate surface area is 199 Å². The van der Waals surface area contributed by atoms with Crippen LogP contribution < -0.4 is 4.74 Å². The zero-order chi connectivity index (χ0) is 23.0. The molecule has 0 aliphatic rings. The normalized spacial score (nSPS) is 10.8. The van der Waals surface area contributed by atoms with E-state index in [1.165, 1.54) is 7.11 Å². The van der Waals surface area contributed by atoms with Gasteiger partial charge in [-0.3, -0.25) is 9.36 Å². The molecule has 0 saturated carbocycles. The van der Waals surface area contributed by atoms with Gasteiger partial charge in [-0.15, -0.1) is 0 Å². The number of ether oxygens (including phenoxy) is 2. The zero-order valence-corrected chi connectivity index (χ0v) is 19.4. The van der Waals surface area contributed by atoms with Gasteiger partial charge in [-0.1, -0.05) is 54.7 Å². The number of thiocarbonyl (C=S) groups is 1. The van der Waals surface area contributed by atoms with Gasteiger partial charge in [0, 0.05) is 29.1 Å². The van der Waals surface area contributed by atoms with Crippen molar-refractivity contribution >= 4 is 34.6 Å². The Morgan fingerprint density at radius 3 is 2.52 bits per heavy atom. The minimum Gasteiger partial charge on any atom is -0.494 e. The van der Waals surface area contributed by atoms with E-state index < -0.39 is 0 Å². The van der Waals surface area contributed by atoms with Crippen LogP contribution in [-0.2, 0) is 9.53 Å². The van der Waals surface area contributed by atoms with Crippen molar-refractivity contribution in [3.63, 3.8) is 0 Å². The van der Waals surface area contributed by atoms with Crippen molar-refractivity contribution in [3.05, 3.63) is 78.4 Å². The molecule has 6 heteroatoms. The fourth-order valence-corrected chi connectivity index (χ4v) is 3.89. The zero-order valence-electron chi connectivity index (χ0n) is 18.6. The Kier molecular flexibility index (Phi) is 7.47. The van der Waals surface area contributed by atoms with Crippen molar-refractivity contribution in [2.75, 3.05) is 13.7 Å². The Balaban J connectivity index is 1.57. The molecule has 0 aliphatic carbocycles. The van der Waals surface area contributed by atoms with Crippen LogP contribution in [0.2, 0.25) is 0 Å². The minimum atomic E-state index is -0.164. The standard InChI is InChI=1S/C27H26N2O3S/c1-31-26(30)10-6-3-7-17-32-23-15-16-25-24(18-23)28-27(21-8-4-2-5-9-21)29(25)22-13-11-20(19-33)12-14-22/h2,4-5,8-9,11-16,18-19H,3,6-7,10,17H2,1H3. The molecule has 1 aromatic heterocycles. The number of methoxy groups -OCH3 is 1. The van der Waals surface area contributed by atoms with Crippen LogP contribution in [-0.4, -0.2) is 34.6 Å². The van der Waals surface area contributed by atoms with E-state index in [9.17, 15) is 4.79 Å². The maximum Gasteiger partial charge on any atom is 0.305 e. The Morgan fingerprint density at radius 1 is 1.00 bits per heavy atom. The van der Waals surface area contributed by atoms with Gasteiger partial charge < -0.3 is 9.47 Å². The van der Waals surface area contributed by atoms with Gasteiger partial charge in [0.15, 0.2) is 0 Å². The smallest absolute Gasteiger partial charge is 0.305 e. The molecule has 4 rings (SSSR count). The van der Waals surface area contributed by atoms with Gasteiger partial charge in [0.25, 0.3) is 0 Å². The maximum atomic E-state index is 11.2. The van der Waals surface area contributed by atoms with Crippen molar-refractivity contribution in [2.45, 2.75) is 25.7 Å². The highest BCUT2D eigenvalue weighted by molar-refractivity contribution is 7.79.